The zero-order valence-electron chi connectivity index (χ0n) is 12.1. The van der Waals surface area contributed by atoms with Crippen molar-refractivity contribution in [2.24, 2.45) is 11.3 Å². The summed E-state index contributed by atoms with van der Waals surface area (Å²) < 4.78 is 41.7. The number of nitrogens with zero attached hydrogens (tertiary/aromatic N) is 2. The van der Waals surface area contributed by atoms with Gasteiger partial charge in [-0.15, -0.1) is 0 Å². The van der Waals surface area contributed by atoms with Crippen molar-refractivity contribution >= 4 is 5.97 Å². The average Bonchev–Trinajstić information content (AvgIpc) is 3.04. The highest BCUT2D eigenvalue weighted by Crippen LogP contribution is 2.50. The van der Waals surface area contributed by atoms with Crippen molar-refractivity contribution in [1.29, 1.82) is 0 Å². The Morgan fingerprint density at radius 3 is 2.68 bits per heavy atom. The van der Waals surface area contributed by atoms with E-state index in [0.717, 1.165) is 0 Å². The molecule has 0 bridgehead atoms. The van der Waals surface area contributed by atoms with Crippen molar-refractivity contribution in [1.82, 2.24) is 15.1 Å². The number of nitrogens with one attached hydrogen (secondary N) is 1. The van der Waals surface area contributed by atoms with Gasteiger partial charge in [0.05, 0.1) is 5.69 Å². The molecule has 1 aliphatic rings. The molecule has 1 aromatic rings. The van der Waals surface area contributed by atoms with Gasteiger partial charge in [0.25, 0.3) is 0 Å². The molecule has 6 nitrogen and oxygen atoms in total. The Hall–Kier alpha value is -1.61. The lowest BCUT2D eigenvalue weighted by Crippen LogP contribution is -2.52. The van der Waals surface area contributed by atoms with Crippen LogP contribution < -0.4 is 5.32 Å². The average molecular weight is 321 g/mol. The van der Waals surface area contributed by atoms with Crippen LogP contribution in [-0.2, 0) is 4.79 Å². The molecule has 0 saturated carbocycles. The van der Waals surface area contributed by atoms with Crippen molar-refractivity contribution in [2.75, 3.05) is 13.1 Å². The van der Waals surface area contributed by atoms with Crippen LogP contribution in [0.15, 0.2) is 12.3 Å². The van der Waals surface area contributed by atoms with Gasteiger partial charge in [0.15, 0.2) is 5.41 Å². The maximum Gasteiger partial charge on any atom is 0.406 e. The van der Waals surface area contributed by atoms with Crippen molar-refractivity contribution in [3.63, 3.8) is 0 Å². The van der Waals surface area contributed by atoms with E-state index >= 15 is 0 Å². The van der Waals surface area contributed by atoms with Crippen molar-refractivity contribution in [2.45, 2.75) is 32.2 Å². The predicted molar refractivity (Wildman–Crippen MR) is 70.1 cm³/mol. The quantitative estimate of drug-likeness (QED) is 0.779. The normalized spacial score (nSPS) is 27.3. The number of halogens is 3. The van der Waals surface area contributed by atoms with E-state index in [1.54, 1.807) is 13.8 Å². The zero-order valence-corrected chi connectivity index (χ0v) is 12.1. The number of alkyl halides is 3. The number of hydrogen-bond acceptors (Lipinski definition) is 4. The molecule has 124 valence electrons. The van der Waals surface area contributed by atoms with Gasteiger partial charge in [-0.3, -0.25) is 9.48 Å². The third kappa shape index (κ3) is 2.38. The second-order valence-electron chi connectivity index (χ2n) is 5.75. The molecule has 1 fully saturated rings. The number of aromatic nitrogens is 2. The molecule has 3 N–H and O–H groups in total. The summed E-state index contributed by atoms with van der Waals surface area (Å²) in [5.74, 6) is -3.51. The van der Waals surface area contributed by atoms with Gasteiger partial charge in [-0.1, -0.05) is 0 Å². The van der Waals surface area contributed by atoms with E-state index < -0.39 is 36.1 Å². The van der Waals surface area contributed by atoms with E-state index in [1.807, 2.05) is 0 Å². The number of hydrogen-bond donors (Lipinski definition) is 3. The van der Waals surface area contributed by atoms with E-state index in [9.17, 15) is 28.2 Å². The number of aliphatic hydroxyl groups excluding tert-OH is 1. The minimum atomic E-state index is -4.98. The summed E-state index contributed by atoms with van der Waals surface area (Å²) in [7, 11) is 0. The predicted octanol–water partition coefficient (Wildman–Crippen LogP) is 1.35. The summed E-state index contributed by atoms with van der Waals surface area (Å²) in [5.41, 5.74) is -2.84. The van der Waals surface area contributed by atoms with Gasteiger partial charge >= 0.3 is 12.1 Å². The van der Waals surface area contributed by atoms with Crippen molar-refractivity contribution in [3.8, 4) is 0 Å². The smallest absolute Gasteiger partial charge is 0.406 e. The Labute approximate surface area is 124 Å². The third-order valence-corrected chi connectivity index (χ3v) is 4.16. The van der Waals surface area contributed by atoms with Crippen molar-refractivity contribution in [3.05, 3.63) is 18.0 Å². The summed E-state index contributed by atoms with van der Waals surface area (Å²) in [5, 5.41) is 26.0. The molecule has 9 heteroatoms. The fourth-order valence-corrected chi connectivity index (χ4v) is 2.97. The molecule has 0 aliphatic carbocycles. The number of aliphatic carboxylic acids is 1. The Morgan fingerprint density at radius 1 is 1.55 bits per heavy atom. The van der Waals surface area contributed by atoms with Crippen LogP contribution in [0.3, 0.4) is 0 Å². The Balaban J connectivity index is 2.45. The zero-order chi connectivity index (χ0) is 16.7. The summed E-state index contributed by atoms with van der Waals surface area (Å²) in [6.07, 6.45) is -5.19. The molecule has 0 amide bonds. The molecule has 3 atom stereocenters. The van der Waals surface area contributed by atoms with Gasteiger partial charge in [-0.05, 0) is 19.9 Å². The molecule has 0 unspecified atom stereocenters. The van der Waals surface area contributed by atoms with Crippen LogP contribution in [0.5, 0.6) is 0 Å². The Bertz CT molecular complexity index is 558. The summed E-state index contributed by atoms with van der Waals surface area (Å²) in [4.78, 5) is 11.4. The first-order chi connectivity index (χ1) is 10.1. The third-order valence-electron chi connectivity index (χ3n) is 4.16. The van der Waals surface area contributed by atoms with Crippen molar-refractivity contribution < 1.29 is 28.2 Å². The minimum Gasteiger partial charge on any atom is -0.481 e. The van der Waals surface area contributed by atoms with Crippen LogP contribution in [0.1, 0.15) is 31.7 Å². The summed E-state index contributed by atoms with van der Waals surface area (Å²) >= 11 is 0. The van der Waals surface area contributed by atoms with Gasteiger partial charge in [0.1, 0.15) is 6.10 Å². The number of aliphatic hydroxyl groups is 1. The molecule has 0 aromatic carbocycles. The molecule has 1 aromatic heterocycles. The van der Waals surface area contributed by atoms with E-state index in [2.05, 4.69) is 10.4 Å². The van der Waals surface area contributed by atoms with Crippen LogP contribution in [0.25, 0.3) is 0 Å². The molecule has 1 saturated heterocycles. The number of carboxylic acid groups (broad SMARTS) is 1. The van der Waals surface area contributed by atoms with Crippen LogP contribution in [-0.4, -0.2) is 45.2 Å². The number of carbonyl (C=O) groups is 1. The molecule has 0 radical (unpaired) electrons. The first-order valence-corrected chi connectivity index (χ1v) is 6.85. The molecule has 2 heterocycles. The maximum absolute atomic E-state index is 13.4. The van der Waals surface area contributed by atoms with Gasteiger partial charge in [-0.25, -0.2) is 0 Å². The lowest BCUT2D eigenvalue weighted by molar-refractivity contribution is -0.244. The molecule has 2 rings (SSSR count). The monoisotopic (exact) mass is 321 g/mol. The summed E-state index contributed by atoms with van der Waals surface area (Å²) in [6.45, 7) is 2.54. The van der Waals surface area contributed by atoms with Crippen LogP contribution in [0.2, 0.25) is 0 Å². The largest absolute Gasteiger partial charge is 0.481 e. The highest BCUT2D eigenvalue weighted by molar-refractivity contribution is 5.77. The number of rotatable bonds is 4. The highest BCUT2D eigenvalue weighted by atomic mass is 19.4. The molecular formula is C13H18F3N3O3. The van der Waals surface area contributed by atoms with E-state index in [0.29, 0.717) is 0 Å². The van der Waals surface area contributed by atoms with Gasteiger partial charge < -0.3 is 15.5 Å². The fraction of sp³-hybridized carbons (Fsp3) is 0.692. The van der Waals surface area contributed by atoms with Crippen LogP contribution in [0.4, 0.5) is 13.2 Å². The molecule has 0 spiro atoms. The molecular weight excluding hydrogens is 303 g/mol. The minimum absolute atomic E-state index is 0.167. The van der Waals surface area contributed by atoms with Crippen LogP contribution in [0, 0.1) is 11.3 Å². The topological polar surface area (TPSA) is 87.4 Å². The second kappa shape index (κ2) is 5.54. The summed E-state index contributed by atoms with van der Waals surface area (Å²) in [6, 6.07) is 1.24. The van der Waals surface area contributed by atoms with Gasteiger partial charge in [0, 0.05) is 31.2 Å². The standard InChI is InChI=1S/C13H18F3N3O3/c1-7(2)19-9(3-4-18-19)10(20)8-5-17-6-12(8,11(21)22)13(14,15)16/h3-4,7-8,10,17,20H,5-6H2,1-2H3,(H,21,22)/t8-,10+,12+/m0/s1. The first kappa shape index (κ1) is 16.8. The second-order valence-corrected chi connectivity index (χ2v) is 5.75. The maximum atomic E-state index is 13.4. The SMILES string of the molecule is CC(C)n1nccc1[C@H](O)[C@@H]1CNC[C@@]1(C(=O)O)C(F)(F)F. The Kier molecular flexibility index (Phi) is 4.22. The van der Waals surface area contributed by atoms with E-state index in [4.69, 9.17) is 0 Å². The van der Waals surface area contributed by atoms with Gasteiger partial charge in [-0.2, -0.15) is 18.3 Å². The van der Waals surface area contributed by atoms with Crippen LogP contribution >= 0.6 is 0 Å². The molecule has 22 heavy (non-hydrogen) atoms. The highest BCUT2D eigenvalue weighted by Gasteiger charge is 2.68. The van der Waals surface area contributed by atoms with Gasteiger partial charge in [0.2, 0.25) is 0 Å². The van der Waals surface area contributed by atoms with E-state index in [-0.39, 0.29) is 18.3 Å². The number of carboxylic acids is 1. The lowest BCUT2D eigenvalue weighted by atomic mass is 9.73. The Morgan fingerprint density at radius 2 is 2.18 bits per heavy atom. The first-order valence-electron chi connectivity index (χ1n) is 6.85. The molecule has 1 aliphatic heterocycles. The lowest BCUT2D eigenvalue weighted by Gasteiger charge is -2.35. The van der Waals surface area contributed by atoms with E-state index in [1.165, 1.54) is 16.9 Å². The fourth-order valence-electron chi connectivity index (χ4n) is 2.97.